The Morgan fingerprint density at radius 3 is 2.72 bits per heavy atom. The molecule has 3 rings (SSSR count). The number of benzene rings is 1. The molecule has 0 saturated carbocycles. The van der Waals surface area contributed by atoms with Gasteiger partial charge in [0, 0.05) is 26.3 Å². The molecule has 0 aliphatic carbocycles. The molecule has 0 saturated heterocycles. The lowest BCUT2D eigenvalue weighted by molar-refractivity contribution is -0.118. The molecule has 0 fully saturated rings. The van der Waals surface area contributed by atoms with Crippen molar-refractivity contribution in [1.29, 1.82) is 0 Å². The van der Waals surface area contributed by atoms with Gasteiger partial charge in [-0.1, -0.05) is 30.0 Å². The standard InChI is InChI=1S/C17H18N4O2S2/c1-21(2)13-7-5-12(6-8-13)10-18-15(22)11-25-17-20-19-16(23-17)14-4-3-9-24-14/h3-9H,10-11H2,1-2H3,(H,18,22). The van der Waals surface area contributed by atoms with Gasteiger partial charge in [-0.15, -0.1) is 21.5 Å². The third kappa shape index (κ3) is 4.83. The smallest absolute Gasteiger partial charge is 0.277 e. The molecule has 0 aliphatic rings. The van der Waals surface area contributed by atoms with Crippen LogP contribution in [0.25, 0.3) is 10.8 Å². The normalized spacial score (nSPS) is 10.6. The predicted molar refractivity (Wildman–Crippen MR) is 101 cm³/mol. The minimum atomic E-state index is -0.0717. The summed E-state index contributed by atoms with van der Waals surface area (Å²) in [5, 5.41) is 13.2. The first-order valence-electron chi connectivity index (χ1n) is 7.65. The van der Waals surface area contributed by atoms with Gasteiger partial charge in [0.25, 0.3) is 11.1 Å². The van der Waals surface area contributed by atoms with Crippen molar-refractivity contribution in [3.05, 3.63) is 47.3 Å². The van der Waals surface area contributed by atoms with Crippen LogP contribution >= 0.6 is 23.1 Å². The Hall–Kier alpha value is -2.32. The van der Waals surface area contributed by atoms with Gasteiger partial charge in [-0.2, -0.15) is 0 Å². The first-order chi connectivity index (χ1) is 12.1. The minimum Gasteiger partial charge on any atom is -0.410 e. The molecule has 1 aromatic carbocycles. The van der Waals surface area contributed by atoms with Gasteiger partial charge in [-0.25, -0.2) is 0 Å². The number of amides is 1. The summed E-state index contributed by atoms with van der Waals surface area (Å²) in [6.07, 6.45) is 0. The monoisotopic (exact) mass is 374 g/mol. The topological polar surface area (TPSA) is 71.3 Å². The van der Waals surface area contributed by atoms with Gasteiger partial charge >= 0.3 is 0 Å². The highest BCUT2D eigenvalue weighted by atomic mass is 32.2. The van der Waals surface area contributed by atoms with Crippen LogP contribution in [0.4, 0.5) is 5.69 Å². The van der Waals surface area contributed by atoms with E-state index in [9.17, 15) is 4.79 Å². The second-order valence-corrected chi connectivity index (χ2v) is 7.35. The molecule has 2 aromatic heterocycles. The van der Waals surface area contributed by atoms with Crippen LogP contribution in [0.1, 0.15) is 5.56 Å². The fourth-order valence-corrected chi connectivity index (χ4v) is 3.30. The second-order valence-electron chi connectivity index (χ2n) is 5.48. The summed E-state index contributed by atoms with van der Waals surface area (Å²) < 4.78 is 5.54. The van der Waals surface area contributed by atoms with Gasteiger partial charge in [0.05, 0.1) is 10.6 Å². The van der Waals surface area contributed by atoms with E-state index in [0.29, 0.717) is 17.7 Å². The summed E-state index contributed by atoms with van der Waals surface area (Å²) in [5.74, 6) is 0.651. The average molecular weight is 374 g/mol. The molecule has 130 valence electrons. The van der Waals surface area contributed by atoms with E-state index < -0.39 is 0 Å². The Kier molecular flexibility index (Phi) is 5.72. The van der Waals surface area contributed by atoms with Crippen LogP contribution < -0.4 is 10.2 Å². The van der Waals surface area contributed by atoms with Crippen molar-refractivity contribution in [2.45, 2.75) is 11.8 Å². The van der Waals surface area contributed by atoms with Crippen LogP contribution in [0.15, 0.2) is 51.4 Å². The molecule has 25 heavy (non-hydrogen) atoms. The zero-order valence-electron chi connectivity index (χ0n) is 13.9. The minimum absolute atomic E-state index is 0.0717. The first kappa shape index (κ1) is 17.5. The van der Waals surface area contributed by atoms with Gasteiger partial charge in [0.15, 0.2) is 0 Å². The molecular weight excluding hydrogens is 356 g/mol. The third-order valence-electron chi connectivity index (χ3n) is 3.41. The summed E-state index contributed by atoms with van der Waals surface area (Å²) in [5.41, 5.74) is 2.19. The number of hydrogen-bond donors (Lipinski definition) is 1. The van der Waals surface area contributed by atoms with Crippen LogP contribution in [-0.4, -0.2) is 36.0 Å². The van der Waals surface area contributed by atoms with E-state index in [2.05, 4.69) is 15.5 Å². The second kappa shape index (κ2) is 8.17. The number of hydrogen-bond acceptors (Lipinski definition) is 7. The maximum Gasteiger partial charge on any atom is 0.277 e. The molecule has 1 amide bonds. The zero-order valence-corrected chi connectivity index (χ0v) is 15.6. The fourth-order valence-electron chi connectivity index (χ4n) is 2.06. The summed E-state index contributed by atoms with van der Waals surface area (Å²) >= 11 is 2.77. The Bertz CT molecular complexity index is 814. The van der Waals surface area contributed by atoms with E-state index in [1.807, 2.05) is 60.8 Å². The average Bonchev–Trinajstić information content (AvgIpc) is 3.29. The number of carbonyl (C=O) groups is 1. The molecule has 0 radical (unpaired) electrons. The molecule has 6 nitrogen and oxygen atoms in total. The maximum atomic E-state index is 12.0. The van der Waals surface area contributed by atoms with E-state index in [4.69, 9.17) is 4.42 Å². The number of carbonyl (C=O) groups excluding carboxylic acids is 1. The van der Waals surface area contributed by atoms with Crippen LogP contribution in [-0.2, 0) is 11.3 Å². The number of aromatic nitrogens is 2. The number of thioether (sulfide) groups is 1. The van der Waals surface area contributed by atoms with Crippen LogP contribution in [0, 0.1) is 0 Å². The number of nitrogens with one attached hydrogen (secondary N) is 1. The number of anilines is 1. The lowest BCUT2D eigenvalue weighted by Crippen LogP contribution is -2.24. The fraction of sp³-hybridized carbons (Fsp3) is 0.235. The number of rotatable bonds is 7. The summed E-state index contributed by atoms with van der Waals surface area (Å²) in [6.45, 7) is 0.497. The molecule has 3 aromatic rings. The molecule has 0 spiro atoms. The number of thiophene rings is 1. The van der Waals surface area contributed by atoms with Gasteiger partial charge in [-0.05, 0) is 29.1 Å². The number of nitrogens with zero attached hydrogens (tertiary/aromatic N) is 3. The first-order valence-corrected chi connectivity index (χ1v) is 9.51. The molecule has 2 heterocycles. The quantitative estimate of drug-likeness (QED) is 0.640. The molecule has 1 N–H and O–H groups in total. The van der Waals surface area contributed by atoms with Crippen molar-refractivity contribution < 1.29 is 9.21 Å². The van der Waals surface area contributed by atoms with Crippen molar-refractivity contribution in [2.75, 3.05) is 24.7 Å². The highest BCUT2D eigenvalue weighted by Gasteiger charge is 2.11. The van der Waals surface area contributed by atoms with Crippen molar-refractivity contribution in [3.63, 3.8) is 0 Å². The van der Waals surface area contributed by atoms with E-state index in [1.54, 1.807) is 0 Å². The van der Waals surface area contributed by atoms with Crippen LogP contribution in [0.2, 0.25) is 0 Å². The van der Waals surface area contributed by atoms with Crippen molar-refractivity contribution in [2.24, 2.45) is 0 Å². The van der Waals surface area contributed by atoms with E-state index in [0.717, 1.165) is 16.1 Å². The van der Waals surface area contributed by atoms with Crippen LogP contribution in [0.3, 0.4) is 0 Å². The van der Waals surface area contributed by atoms with E-state index >= 15 is 0 Å². The summed E-state index contributed by atoms with van der Waals surface area (Å²) in [6, 6.07) is 11.9. The largest absolute Gasteiger partial charge is 0.410 e. The molecule has 0 atom stereocenters. The Labute approximate surface area is 154 Å². The van der Waals surface area contributed by atoms with E-state index in [1.165, 1.54) is 23.1 Å². The van der Waals surface area contributed by atoms with Gasteiger partial charge in [0.1, 0.15) is 0 Å². The molecule has 8 heteroatoms. The Morgan fingerprint density at radius 2 is 2.04 bits per heavy atom. The van der Waals surface area contributed by atoms with Crippen LogP contribution in [0.5, 0.6) is 0 Å². The van der Waals surface area contributed by atoms with Crippen molar-refractivity contribution in [3.8, 4) is 10.8 Å². The zero-order chi connectivity index (χ0) is 17.6. The highest BCUT2D eigenvalue weighted by molar-refractivity contribution is 7.99. The Balaban J connectivity index is 1.45. The van der Waals surface area contributed by atoms with Crippen molar-refractivity contribution in [1.82, 2.24) is 15.5 Å². The van der Waals surface area contributed by atoms with Gasteiger partial charge in [0.2, 0.25) is 5.91 Å². The molecule has 0 bridgehead atoms. The Morgan fingerprint density at radius 1 is 1.24 bits per heavy atom. The lowest BCUT2D eigenvalue weighted by atomic mass is 10.2. The predicted octanol–water partition coefficient (Wildman–Crippen LogP) is 3.27. The summed E-state index contributed by atoms with van der Waals surface area (Å²) in [7, 11) is 3.99. The van der Waals surface area contributed by atoms with E-state index in [-0.39, 0.29) is 11.7 Å². The molecule has 0 aliphatic heterocycles. The SMILES string of the molecule is CN(C)c1ccc(CNC(=O)CSc2nnc(-c3cccs3)o2)cc1. The maximum absolute atomic E-state index is 12.0. The lowest BCUT2D eigenvalue weighted by Gasteiger charge is -2.12. The molecular formula is C17H18N4O2S2. The highest BCUT2D eigenvalue weighted by Crippen LogP contribution is 2.26. The van der Waals surface area contributed by atoms with Gasteiger partial charge < -0.3 is 14.6 Å². The van der Waals surface area contributed by atoms with Crippen molar-refractivity contribution >= 4 is 34.7 Å². The molecule has 0 unspecified atom stereocenters. The third-order valence-corrected chi connectivity index (χ3v) is 5.08. The summed E-state index contributed by atoms with van der Waals surface area (Å²) in [4.78, 5) is 14.9. The van der Waals surface area contributed by atoms with Gasteiger partial charge in [-0.3, -0.25) is 4.79 Å².